The van der Waals surface area contributed by atoms with Crippen molar-refractivity contribution in [3.05, 3.63) is 66.2 Å². The molecule has 2 atom stereocenters. The summed E-state index contributed by atoms with van der Waals surface area (Å²) >= 11 is 5.41. The molecule has 7 nitrogen and oxygen atoms in total. The zero-order chi connectivity index (χ0) is 22.1. The van der Waals surface area contributed by atoms with E-state index in [-0.39, 0.29) is 18.6 Å². The molecule has 0 bridgehead atoms. The fourth-order valence-electron chi connectivity index (χ4n) is 3.21. The number of nitrogens with one attached hydrogen (secondary N) is 3. The quantitative estimate of drug-likeness (QED) is 0.592. The maximum absolute atomic E-state index is 12.5. The van der Waals surface area contributed by atoms with E-state index in [9.17, 15) is 4.79 Å². The van der Waals surface area contributed by atoms with Crippen LogP contribution in [0.2, 0.25) is 0 Å². The van der Waals surface area contributed by atoms with Crippen LogP contribution in [0.4, 0.5) is 5.69 Å². The molecule has 3 rings (SSSR count). The van der Waals surface area contributed by atoms with E-state index < -0.39 is 11.9 Å². The molecule has 3 N–H and O–H groups in total. The number of carbonyl (C=O) groups excluding carboxylic acids is 1. The summed E-state index contributed by atoms with van der Waals surface area (Å²) in [5.41, 5.74) is 1.49. The second-order valence-electron chi connectivity index (χ2n) is 7.59. The molecule has 31 heavy (non-hydrogen) atoms. The van der Waals surface area contributed by atoms with Crippen LogP contribution in [0.15, 0.2) is 60.7 Å². The molecular weight excluding hydrogens is 414 g/mol. The molecule has 1 amide bonds. The minimum atomic E-state index is -0.799. The van der Waals surface area contributed by atoms with Gasteiger partial charge in [-0.1, -0.05) is 36.4 Å². The van der Waals surface area contributed by atoms with Crippen LogP contribution in [0, 0.1) is 0 Å². The first kappa shape index (κ1) is 23.1. The number of ether oxygens (including phenoxy) is 3. The van der Waals surface area contributed by atoms with Crippen molar-refractivity contribution in [1.29, 1.82) is 0 Å². The van der Waals surface area contributed by atoms with Gasteiger partial charge in [0.05, 0.1) is 13.2 Å². The highest BCUT2D eigenvalue weighted by atomic mass is 32.1. The number of hydrogen-bond donors (Lipinski definition) is 3. The summed E-state index contributed by atoms with van der Waals surface area (Å²) in [6, 6.07) is 18.7. The molecule has 8 heteroatoms. The number of amides is 1. The number of thiocarbonyl (C=S) groups is 1. The van der Waals surface area contributed by atoms with E-state index in [1.807, 2.05) is 62.4 Å². The van der Waals surface area contributed by atoms with Crippen LogP contribution in [0.1, 0.15) is 24.2 Å². The van der Waals surface area contributed by atoms with Crippen molar-refractivity contribution < 1.29 is 19.0 Å². The topological polar surface area (TPSA) is 80.9 Å². The molecule has 1 aliphatic rings. The van der Waals surface area contributed by atoms with E-state index in [2.05, 4.69) is 16.0 Å². The van der Waals surface area contributed by atoms with Crippen LogP contribution in [-0.2, 0) is 14.2 Å². The van der Waals surface area contributed by atoms with Crippen LogP contribution < -0.4 is 16.0 Å². The molecular formula is C23H29N3O4S. The monoisotopic (exact) mass is 443 g/mol. The van der Waals surface area contributed by atoms with Crippen molar-refractivity contribution in [1.82, 2.24) is 10.6 Å². The van der Waals surface area contributed by atoms with Gasteiger partial charge in [0.2, 0.25) is 0 Å². The highest BCUT2D eigenvalue weighted by molar-refractivity contribution is 7.80. The van der Waals surface area contributed by atoms with Gasteiger partial charge in [-0.15, -0.1) is 0 Å². The predicted octanol–water partition coefficient (Wildman–Crippen LogP) is 2.94. The molecule has 0 aliphatic carbocycles. The molecule has 2 aromatic carbocycles. The summed E-state index contributed by atoms with van der Waals surface area (Å²) in [6.07, 6.45) is -0.773. The van der Waals surface area contributed by atoms with Crippen molar-refractivity contribution in [2.75, 3.05) is 31.6 Å². The third kappa shape index (κ3) is 7.59. The molecule has 1 fully saturated rings. The minimum Gasteiger partial charge on any atom is -0.371 e. The van der Waals surface area contributed by atoms with Gasteiger partial charge in [0.25, 0.3) is 5.91 Å². The molecule has 0 spiro atoms. The molecule has 2 aromatic rings. The second kappa shape index (κ2) is 11.2. The van der Waals surface area contributed by atoms with Crippen molar-refractivity contribution >= 4 is 28.9 Å². The first-order valence-electron chi connectivity index (χ1n) is 10.3. The van der Waals surface area contributed by atoms with Crippen molar-refractivity contribution in [2.24, 2.45) is 0 Å². The summed E-state index contributed by atoms with van der Waals surface area (Å²) in [6.45, 7) is 5.24. The number of rotatable bonds is 6. The molecule has 1 heterocycles. The molecule has 0 radical (unpaired) electrons. The zero-order valence-electron chi connectivity index (χ0n) is 17.8. The van der Waals surface area contributed by atoms with E-state index >= 15 is 0 Å². The minimum absolute atomic E-state index is 0.169. The van der Waals surface area contributed by atoms with Gasteiger partial charge >= 0.3 is 0 Å². The van der Waals surface area contributed by atoms with Gasteiger partial charge in [0, 0.05) is 24.3 Å². The Hall–Kier alpha value is -2.52. The van der Waals surface area contributed by atoms with Gasteiger partial charge in [-0.3, -0.25) is 4.79 Å². The maximum Gasteiger partial charge on any atom is 0.251 e. The lowest BCUT2D eigenvalue weighted by Gasteiger charge is -2.37. The molecule has 1 saturated heterocycles. The Balaban J connectivity index is 1.61. The number of hydrogen-bond acceptors (Lipinski definition) is 5. The number of anilines is 1. The Labute approximate surface area is 188 Å². The molecule has 1 aliphatic heterocycles. The molecule has 0 unspecified atom stereocenters. The largest absolute Gasteiger partial charge is 0.371 e. The second-order valence-corrected chi connectivity index (χ2v) is 8.00. The predicted molar refractivity (Wildman–Crippen MR) is 124 cm³/mol. The van der Waals surface area contributed by atoms with Crippen molar-refractivity contribution in [3.8, 4) is 0 Å². The van der Waals surface area contributed by atoms with Gasteiger partial charge in [0.1, 0.15) is 12.2 Å². The van der Waals surface area contributed by atoms with Gasteiger partial charge in [0.15, 0.2) is 10.9 Å². The van der Waals surface area contributed by atoms with Gasteiger partial charge in [-0.25, -0.2) is 0 Å². The van der Waals surface area contributed by atoms with Gasteiger partial charge < -0.3 is 30.2 Å². The van der Waals surface area contributed by atoms with Crippen LogP contribution in [0.5, 0.6) is 0 Å². The average Bonchev–Trinajstić information content (AvgIpc) is 2.76. The zero-order valence-corrected chi connectivity index (χ0v) is 18.6. The highest BCUT2D eigenvalue weighted by Gasteiger charge is 2.33. The summed E-state index contributed by atoms with van der Waals surface area (Å²) in [5, 5.41) is 9.75. The molecule has 0 saturated carbocycles. The normalized spacial score (nSPS) is 20.7. The van der Waals surface area contributed by atoms with Crippen LogP contribution in [0.3, 0.4) is 0 Å². The first-order valence-corrected chi connectivity index (χ1v) is 10.7. The third-order valence-electron chi connectivity index (χ3n) is 4.71. The van der Waals surface area contributed by atoms with Crippen LogP contribution in [0.25, 0.3) is 0 Å². The SMILES string of the molecule is CC1(C)OCCO[C@H](CNC(=S)Nc2ccccc2)[C@H](CNC(=O)c2ccccc2)O1. The Kier molecular flexibility index (Phi) is 8.36. The van der Waals surface area contributed by atoms with E-state index in [1.54, 1.807) is 12.1 Å². The fraction of sp³-hybridized carbons (Fsp3) is 0.391. The fourth-order valence-corrected chi connectivity index (χ4v) is 3.41. The van der Waals surface area contributed by atoms with E-state index in [4.69, 9.17) is 26.4 Å². The summed E-state index contributed by atoms with van der Waals surface area (Å²) in [4.78, 5) is 12.5. The highest BCUT2D eigenvalue weighted by Crippen LogP contribution is 2.20. The lowest BCUT2D eigenvalue weighted by atomic mass is 10.1. The standard InChI is InChI=1S/C23H29N3O4S/c1-23(2)29-14-13-28-19(15-25-22(31)26-18-11-7-4-8-12-18)20(30-23)16-24-21(27)17-9-5-3-6-10-17/h3-12,19-20H,13-16H2,1-2H3,(H,24,27)(H2,25,26,31)/t19-,20+/m1/s1. The molecule has 166 valence electrons. The lowest BCUT2D eigenvalue weighted by Crippen LogP contribution is -2.53. The lowest BCUT2D eigenvalue weighted by molar-refractivity contribution is -0.277. The van der Waals surface area contributed by atoms with Gasteiger partial charge in [-0.05, 0) is 50.3 Å². The van der Waals surface area contributed by atoms with E-state index in [0.717, 1.165) is 5.69 Å². The average molecular weight is 444 g/mol. The van der Waals surface area contributed by atoms with E-state index in [1.165, 1.54) is 0 Å². The van der Waals surface area contributed by atoms with Crippen molar-refractivity contribution in [2.45, 2.75) is 31.8 Å². The third-order valence-corrected chi connectivity index (χ3v) is 4.96. The maximum atomic E-state index is 12.5. The van der Waals surface area contributed by atoms with Gasteiger partial charge in [-0.2, -0.15) is 0 Å². The number of carbonyl (C=O) groups is 1. The summed E-state index contributed by atoms with van der Waals surface area (Å²) < 4.78 is 17.9. The van der Waals surface area contributed by atoms with E-state index in [0.29, 0.717) is 30.4 Å². The summed E-state index contributed by atoms with van der Waals surface area (Å²) in [5.74, 6) is -0.967. The molecule has 0 aromatic heterocycles. The Morgan fingerprint density at radius 3 is 2.32 bits per heavy atom. The number of benzene rings is 2. The Bertz CT molecular complexity index is 848. The number of para-hydroxylation sites is 1. The Morgan fingerprint density at radius 2 is 1.61 bits per heavy atom. The summed E-state index contributed by atoms with van der Waals surface area (Å²) in [7, 11) is 0. The Morgan fingerprint density at radius 1 is 0.968 bits per heavy atom. The smallest absolute Gasteiger partial charge is 0.251 e. The van der Waals surface area contributed by atoms with Crippen molar-refractivity contribution in [3.63, 3.8) is 0 Å². The van der Waals surface area contributed by atoms with Crippen LogP contribution >= 0.6 is 12.2 Å². The van der Waals surface area contributed by atoms with Crippen LogP contribution in [-0.4, -0.2) is 55.3 Å². The first-order chi connectivity index (χ1) is 14.9.